The molecule has 2 atom stereocenters. The molecule has 0 aliphatic carbocycles. The molecule has 0 saturated carbocycles. The van der Waals surface area contributed by atoms with Crippen LogP contribution < -0.4 is 5.73 Å². The van der Waals surface area contributed by atoms with Crippen molar-refractivity contribution in [1.29, 1.82) is 0 Å². The number of aromatic nitrogens is 3. The maximum atomic E-state index is 9.70. The molecule has 80 valence electrons. The first-order valence-electron chi connectivity index (χ1n) is 4.59. The predicted octanol–water partition coefficient (Wildman–Crippen LogP) is -0.689. The Morgan fingerprint density at radius 2 is 2.00 bits per heavy atom. The van der Waals surface area contributed by atoms with Gasteiger partial charge in [0.1, 0.15) is 17.1 Å². The second-order valence-corrected chi connectivity index (χ2v) is 3.32. The first-order valence-corrected chi connectivity index (χ1v) is 4.59. The van der Waals surface area contributed by atoms with Gasteiger partial charge < -0.3 is 15.9 Å². The van der Waals surface area contributed by atoms with Crippen molar-refractivity contribution in [3.8, 4) is 0 Å². The smallest absolute Gasteiger partial charge is 0.113 e. The fourth-order valence-corrected chi connectivity index (χ4v) is 1.39. The van der Waals surface area contributed by atoms with Gasteiger partial charge in [0.25, 0.3) is 0 Å². The highest BCUT2D eigenvalue weighted by Crippen LogP contribution is 2.19. The van der Waals surface area contributed by atoms with Gasteiger partial charge in [-0.2, -0.15) is 15.4 Å². The lowest BCUT2D eigenvalue weighted by atomic mass is 10.0. The molecule has 0 aliphatic heterocycles. The van der Waals surface area contributed by atoms with Gasteiger partial charge in [-0.15, -0.1) is 0 Å². The second-order valence-electron chi connectivity index (χ2n) is 3.32. The number of benzene rings is 1. The van der Waals surface area contributed by atoms with Gasteiger partial charge in [0.05, 0.1) is 6.10 Å². The Bertz CT molecular complexity index is 456. The molecule has 0 saturated heterocycles. The van der Waals surface area contributed by atoms with Crippen LogP contribution in [-0.2, 0) is 0 Å². The van der Waals surface area contributed by atoms with E-state index in [-0.39, 0.29) is 6.54 Å². The molecule has 6 nitrogen and oxygen atoms in total. The Balaban J connectivity index is 2.35. The van der Waals surface area contributed by atoms with Gasteiger partial charge in [-0.1, -0.05) is 6.07 Å². The highest BCUT2D eigenvalue weighted by atomic mass is 16.3. The first kappa shape index (κ1) is 10.0. The van der Waals surface area contributed by atoms with Crippen molar-refractivity contribution in [2.24, 2.45) is 5.73 Å². The number of hydrogen-bond acceptors (Lipinski definition) is 5. The lowest BCUT2D eigenvalue weighted by molar-refractivity contribution is 0.0244. The zero-order chi connectivity index (χ0) is 10.8. The van der Waals surface area contributed by atoms with E-state index in [1.807, 2.05) is 0 Å². The van der Waals surface area contributed by atoms with E-state index in [0.29, 0.717) is 16.6 Å². The molecule has 15 heavy (non-hydrogen) atoms. The van der Waals surface area contributed by atoms with Crippen molar-refractivity contribution in [2.45, 2.75) is 12.2 Å². The van der Waals surface area contributed by atoms with Gasteiger partial charge >= 0.3 is 0 Å². The molecule has 5 N–H and O–H groups in total. The van der Waals surface area contributed by atoms with E-state index >= 15 is 0 Å². The van der Waals surface area contributed by atoms with Crippen molar-refractivity contribution >= 4 is 11.0 Å². The fraction of sp³-hybridized carbons (Fsp3) is 0.333. The molecular formula is C9H12N4O2. The number of H-pyrrole nitrogens is 1. The third-order valence-electron chi connectivity index (χ3n) is 2.29. The molecule has 0 bridgehead atoms. The molecule has 0 radical (unpaired) electrons. The summed E-state index contributed by atoms with van der Waals surface area (Å²) in [4.78, 5) is 0. The summed E-state index contributed by atoms with van der Waals surface area (Å²) in [5.74, 6) is 0. The summed E-state index contributed by atoms with van der Waals surface area (Å²) in [5.41, 5.74) is 7.20. The van der Waals surface area contributed by atoms with E-state index in [1.54, 1.807) is 18.2 Å². The molecule has 0 spiro atoms. The van der Waals surface area contributed by atoms with Crippen molar-refractivity contribution < 1.29 is 10.2 Å². The van der Waals surface area contributed by atoms with E-state index in [0.717, 1.165) is 0 Å². The van der Waals surface area contributed by atoms with E-state index in [9.17, 15) is 10.2 Å². The number of aliphatic hydroxyl groups excluding tert-OH is 2. The number of nitrogens with zero attached hydrogens (tertiary/aromatic N) is 2. The van der Waals surface area contributed by atoms with Crippen LogP contribution in [-0.4, -0.2) is 38.3 Å². The van der Waals surface area contributed by atoms with Gasteiger partial charge in [0, 0.05) is 6.54 Å². The average molecular weight is 208 g/mol. The number of hydrogen-bond donors (Lipinski definition) is 4. The molecular weight excluding hydrogens is 196 g/mol. The maximum absolute atomic E-state index is 9.70. The largest absolute Gasteiger partial charge is 0.389 e. The number of nitrogens with one attached hydrogen (secondary N) is 1. The van der Waals surface area contributed by atoms with Gasteiger partial charge in [0.15, 0.2) is 0 Å². The minimum Gasteiger partial charge on any atom is -0.389 e. The van der Waals surface area contributed by atoms with Crippen LogP contribution in [0.3, 0.4) is 0 Å². The maximum Gasteiger partial charge on any atom is 0.113 e. The van der Waals surface area contributed by atoms with E-state index in [2.05, 4.69) is 15.4 Å². The molecule has 2 rings (SSSR count). The third-order valence-corrected chi connectivity index (χ3v) is 2.29. The average Bonchev–Trinajstić information content (AvgIpc) is 2.73. The third kappa shape index (κ3) is 1.82. The summed E-state index contributed by atoms with van der Waals surface area (Å²) in [5, 5.41) is 29.3. The number of fused-ring (bicyclic) bond motifs is 1. The van der Waals surface area contributed by atoms with Crippen LogP contribution >= 0.6 is 0 Å². The Morgan fingerprint density at radius 1 is 1.27 bits per heavy atom. The van der Waals surface area contributed by atoms with Crippen LogP contribution in [0.4, 0.5) is 0 Å². The lowest BCUT2D eigenvalue weighted by Crippen LogP contribution is -2.27. The minimum absolute atomic E-state index is 0.0119. The molecule has 6 heteroatoms. The fourth-order valence-electron chi connectivity index (χ4n) is 1.39. The normalized spacial score (nSPS) is 15.4. The Hall–Kier alpha value is -1.50. The Morgan fingerprint density at radius 3 is 2.73 bits per heavy atom. The summed E-state index contributed by atoms with van der Waals surface area (Å²) in [6.45, 7) is 0.0119. The summed E-state index contributed by atoms with van der Waals surface area (Å²) in [6.07, 6.45) is -1.95. The monoisotopic (exact) mass is 208 g/mol. The summed E-state index contributed by atoms with van der Waals surface area (Å²) in [7, 11) is 0. The van der Waals surface area contributed by atoms with Crippen molar-refractivity contribution in [2.75, 3.05) is 6.54 Å². The number of nitrogens with two attached hydrogens (primary N) is 1. The molecule has 1 aromatic carbocycles. The number of rotatable bonds is 3. The van der Waals surface area contributed by atoms with Gasteiger partial charge in [-0.05, 0) is 17.7 Å². The van der Waals surface area contributed by atoms with Crippen LogP contribution in [0.2, 0.25) is 0 Å². The van der Waals surface area contributed by atoms with Gasteiger partial charge in [-0.3, -0.25) is 0 Å². The van der Waals surface area contributed by atoms with Crippen molar-refractivity contribution in [1.82, 2.24) is 15.4 Å². The van der Waals surface area contributed by atoms with E-state index < -0.39 is 12.2 Å². The van der Waals surface area contributed by atoms with Crippen molar-refractivity contribution in [3.63, 3.8) is 0 Å². The molecule has 2 unspecified atom stereocenters. The molecule has 2 aromatic rings. The van der Waals surface area contributed by atoms with E-state index in [4.69, 9.17) is 5.73 Å². The number of aromatic amines is 1. The van der Waals surface area contributed by atoms with Crippen LogP contribution in [0.5, 0.6) is 0 Å². The molecule has 0 amide bonds. The van der Waals surface area contributed by atoms with Crippen LogP contribution in [0.15, 0.2) is 18.2 Å². The zero-order valence-electron chi connectivity index (χ0n) is 7.96. The highest BCUT2D eigenvalue weighted by Gasteiger charge is 2.17. The van der Waals surface area contributed by atoms with Crippen molar-refractivity contribution in [3.05, 3.63) is 23.8 Å². The first-order chi connectivity index (χ1) is 7.22. The van der Waals surface area contributed by atoms with Crippen LogP contribution in [0.25, 0.3) is 11.0 Å². The zero-order valence-corrected chi connectivity index (χ0v) is 7.96. The van der Waals surface area contributed by atoms with Crippen LogP contribution in [0, 0.1) is 0 Å². The quantitative estimate of drug-likeness (QED) is 0.534. The Labute approximate surface area is 85.7 Å². The summed E-state index contributed by atoms with van der Waals surface area (Å²) in [6, 6.07) is 5.08. The van der Waals surface area contributed by atoms with Gasteiger partial charge in [0.2, 0.25) is 0 Å². The van der Waals surface area contributed by atoms with E-state index in [1.165, 1.54) is 0 Å². The number of aliphatic hydroxyl groups is 2. The highest BCUT2D eigenvalue weighted by molar-refractivity contribution is 5.74. The summed E-state index contributed by atoms with van der Waals surface area (Å²) < 4.78 is 0. The van der Waals surface area contributed by atoms with Gasteiger partial charge in [-0.25, -0.2) is 0 Å². The molecule has 0 fully saturated rings. The lowest BCUT2D eigenvalue weighted by Gasteiger charge is -2.15. The molecule has 1 heterocycles. The standard InChI is InChI=1S/C9H12N4O2/c10-4-8(14)9(15)5-1-2-6-7(3-5)12-13-11-6/h1-3,8-9,14-15H,4,10H2,(H,11,12,13). The SMILES string of the molecule is NCC(O)C(O)c1ccc2n[nH]nc2c1. The Kier molecular flexibility index (Phi) is 2.63. The predicted molar refractivity (Wildman–Crippen MR) is 53.9 cm³/mol. The molecule has 1 aromatic heterocycles. The second kappa shape index (κ2) is 3.93. The topological polar surface area (TPSA) is 108 Å². The molecule has 0 aliphatic rings. The summed E-state index contributed by atoms with van der Waals surface area (Å²) >= 11 is 0. The minimum atomic E-state index is -0.990. The van der Waals surface area contributed by atoms with Crippen LogP contribution in [0.1, 0.15) is 11.7 Å².